The average molecular weight is 309 g/mol. The van der Waals surface area contributed by atoms with Crippen LogP contribution in [0.5, 0.6) is 0 Å². The predicted octanol–water partition coefficient (Wildman–Crippen LogP) is 3.96. The van der Waals surface area contributed by atoms with Gasteiger partial charge in [-0.3, -0.25) is 0 Å². The van der Waals surface area contributed by atoms with Gasteiger partial charge < -0.3 is 0 Å². The van der Waals surface area contributed by atoms with Crippen molar-refractivity contribution in [2.45, 2.75) is 63.8 Å². The molecule has 0 unspecified atom stereocenters. The predicted molar refractivity (Wildman–Crippen MR) is 86.6 cm³/mol. The highest BCUT2D eigenvalue weighted by atomic mass is 32.2. The fourth-order valence-electron chi connectivity index (χ4n) is 3.17. The maximum atomic E-state index is 12.3. The highest BCUT2D eigenvalue weighted by Crippen LogP contribution is 2.40. The molecule has 0 saturated heterocycles. The van der Waals surface area contributed by atoms with Gasteiger partial charge in [0.05, 0.1) is 4.90 Å². The van der Waals surface area contributed by atoms with Crippen LogP contribution >= 0.6 is 0 Å². The number of nitrogens with one attached hydrogen (secondary N) is 1. The SMILES string of the molecule is CCC(C)(C)C1CCC(NS(=O)(=O)c2ccccc2)CC1. The maximum Gasteiger partial charge on any atom is 0.240 e. The third-order valence-corrected chi connectivity index (χ3v) is 6.66. The first kappa shape index (κ1) is 16.5. The Bertz CT molecular complexity index is 543. The molecule has 21 heavy (non-hydrogen) atoms. The fourth-order valence-corrected chi connectivity index (χ4v) is 4.49. The number of rotatable bonds is 5. The van der Waals surface area contributed by atoms with E-state index in [4.69, 9.17) is 0 Å². The van der Waals surface area contributed by atoms with Crippen LogP contribution in [0.25, 0.3) is 0 Å². The number of hydrogen-bond donors (Lipinski definition) is 1. The summed E-state index contributed by atoms with van der Waals surface area (Å²) < 4.78 is 27.5. The summed E-state index contributed by atoms with van der Waals surface area (Å²) in [5.74, 6) is 0.708. The van der Waals surface area contributed by atoms with Gasteiger partial charge in [0.15, 0.2) is 0 Å². The van der Waals surface area contributed by atoms with Crippen LogP contribution in [0.3, 0.4) is 0 Å². The number of sulfonamides is 1. The zero-order valence-corrected chi connectivity index (χ0v) is 14.1. The summed E-state index contributed by atoms with van der Waals surface area (Å²) in [6, 6.07) is 8.73. The third-order valence-electron chi connectivity index (χ3n) is 5.12. The van der Waals surface area contributed by atoms with E-state index < -0.39 is 10.0 Å². The zero-order valence-electron chi connectivity index (χ0n) is 13.3. The van der Waals surface area contributed by atoms with Gasteiger partial charge in [0.2, 0.25) is 10.0 Å². The van der Waals surface area contributed by atoms with E-state index in [0.29, 0.717) is 16.2 Å². The van der Waals surface area contributed by atoms with Crippen LogP contribution in [0.15, 0.2) is 35.2 Å². The molecule has 0 heterocycles. The third kappa shape index (κ3) is 4.07. The summed E-state index contributed by atoms with van der Waals surface area (Å²) in [6.07, 6.45) is 5.30. The Kier molecular flexibility index (Phi) is 5.10. The standard InChI is InChI=1S/C17H27NO2S/c1-4-17(2,3)14-10-12-15(13-11-14)18-21(19,20)16-8-6-5-7-9-16/h5-9,14-15,18H,4,10-13H2,1-3H3. The molecule has 3 nitrogen and oxygen atoms in total. The molecule has 0 spiro atoms. The van der Waals surface area contributed by atoms with Gasteiger partial charge in [-0.1, -0.05) is 45.4 Å². The first-order valence-electron chi connectivity index (χ1n) is 7.92. The molecule has 0 amide bonds. The zero-order chi connectivity index (χ0) is 15.5. The Morgan fingerprint density at radius 2 is 1.67 bits per heavy atom. The molecule has 1 aliphatic carbocycles. The lowest BCUT2D eigenvalue weighted by Crippen LogP contribution is -2.39. The fraction of sp³-hybridized carbons (Fsp3) is 0.647. The smallest absolute Gasteiger partial charge is 0.208 e. The second-order valence-electron chi connectivity index (χ2n) is 6.83. The lowest BCUT2D eigenvalue weighted by Gasteiger charge is -2.39. The van der Waals surface area contributed by atoms with Gasteiger partial charge in [0.1, 0.15) is 0 Å². The topological polar surface area (TPSA) is 46.2 Å². The van der Waals surface area contributed by atoms with Gasteiger partial charge in [-0.15, -0.1) is 0 Å². The normalized spacial score (nSPS) is 24.0. The van der Waals surface area contributed by atoms with Gasteiger partial charge in [-0.05, 0) is 49.1 Å². The minimum Gasteiger partial charge on any atom is -0.208 e. The van der Waals surface area contributed by atoms with Crippen molar-refractivity contribution in [2.75, 3.05) is 0 Å². The summed E-state index contributed by atoms with van der Waals surface area (Å²) >= 11 is 0. The molecule has 0 atom stereocenters. The van der Waals surface area contributed by atoms with E-state index in [-0.39, 0.29) is 6.04 Å². The molecule has 2 rings (SSSR count). The molecule has 1 aromatic carbocycles. The molecule has 1 N–H and O–H groups in total. The van der Waals surface area contributed by atoms with E-state index in [1.54, 1.807) is 24.3 Å². The van der Waals surface area contributed by atoms with Crippen molar-refractivity contribution < 1.29 is 8.42 Å². The minimum atomic E-state index is -3.37. The molecule has 0 radical (unpaired) electrons. The number of benzene rings is 1. The first-order valence-corrected chi connectivity index (χ1v) is 9.41. The van der Waals surface area contributed by atoms with E-state index in [0.717, 1.165) is 25.7 Å². The summed E-state index contributed by atoms with van der Waals surface area (Å²) in [5, 5.41) is 0. The van der Waals surface area contributed by atoms with Crippen molar-refractivity contribution in [3.8, 4) is 0 Å². The molecule has 118 valence electrons. The molecule has 0 bridgehead atoms. The van der Waals surface area contributed by atoms with Gasteiger partial charge in [-0.25, -0.2) is 13.1 Å². The molecular weight excluding hydrogens is 282 g/mol. The molecule has 1 aromatic rings. The van der Waals surface area contributed by atoms with Gasteiger partial charge >= 0.3 is 0 Å². The molecule has 0 aromatic heterocycles. The molecule has 1 saturated carbocycles. The monoisotopic (exact) mass is 309 g/mol. The van der Waals surface area contributed by atoms with Gasteiger partial charge in [-0.2, -0.15) is 0 Å². The second-order valence-corrected chi connectivity index (χ2v) is 8.54. The van der Waals surface area contributed by atoms with Crippen molar-refractivity contribution in [3.05, 3.63) is 30.3 Å². The van der Waals surface area contributed by atoms with Crippen LogP contribution in [0, 0.1) is 11.3 Å². The maximum absolute atomic E-state index is 12.3. The summed E-state index contributed by atoms with van der Waals surface area (Å²) in [5.41, 5.74) is 0.364. The van der Waals surface area contributed by atoms with Crippen LogP contribution in [-0.2, 0) is 10.0 Å². The van der Waals surface area contributed by atoms with Gasteiger partial charge in [0, 0.05) is 6.04 Å². The molecule has 0 aliphatic heterocycles. The quantitative estimate of drug-likeness (QED) is 0.895. The van der Waals surface area contributed by atoms with Crippen molar-refractivity contribution >= 4 is 10.0 Å². The Morgan fingerprint density at radius 3 is 2.19 bits per heavy atom. The Morgan fingerprint density at radius 1 is 1.10 bits per heavy atom. The lowest BCUT2D eigenvalue weighted by atomic mass is 9.69. The van der Waals surface area contributed by atoms with Crippen LogP contribution < -0.4 is 4.72 Å². The van der Waals surface area contributed by atoms with E-state index >= 15 is 0 Å². The second kappa shape index (κ2) is 6.49. The average Bonchev–Trinajstić information content (AvgIpc) is 2.48. The minimum absolute atomic E-state index is 0.0825. The Balaban J connectivity index is 1.95. The Hall–Kier alpha value is -0.870. The van der Waals surface area contributed by atoms with Crippen LogP contribution in [0.1, 0.15) is 52.9 Å². The van der Waals surface area contributed by atoms with Crippen molar-refractivity contribution in [3.63, 3.8) is 0 Å². The van der Waals surface area contributed by atoms with E-state index in [1.807, 2.05) is 6.07 Å². The first-order chi connectivity index (χ1) is 9.85. The van der Waals surface area contributed by atoms with E-state index in [1.165, 1.54) is 6.42 Å². The highest BCUT2D eigenvalue weighted by molar-refractivity contribution is 7.89. The van der Waals surface area contributed by atoms with Crippen molar-refractivity contribution in [1.29, 1.82) is 0 Å². The van der Waals surface area contributed by atoms with Crippen molar-refractivity contribution in [2.24, 2.45) is 11.3 Å². The van der Waals surface area contributed by atoms with E-state index in [2.05, 4.69) is 25.5 Å². The van der Waals surface area contributed by atoms with Crippen LogP contribution in [0.2, 0.25) is 0 Å². The van der Waals surface area contributed by atoms with Crippen LogP contribution in [0.4, 0.5) is 0 Å². The summed E-state index contributed by atoms with van der Waals surface area (Å²) in [6.45, 7) is 6.89. The van der Waals surface area contributed by atoms with Crippen molar-refractivity contribution in [1.82, 2.24) is 4.72 Å². The highest BCUT2D eigenvalue weighted by Gasteiger charge is 2.33. The Labute approximate surface area is 129 Å². The molecular formula is C17H27NO2S. The summed E-state index contributed by atoms with van der Waals surface area (Å²) in [7, 11) is -3.37. The van der Waals surface area contributed by atoms with Crippen LogP contribution in [-0.4, -0.2) is 14.5 Å². The lowest BCUT2D eigenvalue weighted by molar-refractivity contribution is 0.142. The molecule has 4 heteroatoms. The van der Waals surface area contributed by atoms with E-state index in [9.17, 15) is 8.42 Å². The molecule has 1 aliphatic rings. The largest absolute Gasteiger partial charge is 0.240 e. The summed E-state index contributed by atoms with van der Waals surface area (Å²) in [4.78, 5) is 0.362. The molecule has 1 fully saturated rings. The number of hydrogen-bond acceptors (Lipinski definition) is 2. The van der Waals surface area contributed by atoms with Gasteiger partial charge in [0.25, 0.3) is 0 Å².